The SMILES string of the molecule is O=C(COc1cc(N2CCOCC2)c2ccccc2c1Cl)NCc1ccccc1. The third-order valence-electron chi connectivity index (χ3n) is 4.97. The first kappa shape index (κ1) is 19.6. The van der Waals surface area contributed by atoms with Gasteiger partial charge in [0.2, 0.25) is 0 Å². The predicted molar refractivity (Wildman–Crippen MR) is 116 cm³/mol. The number of morpholine rings is 1. The summed E-state index contributed by atoms with van der Waals surface area (Å²) in [6, 6.07) is 19.7. The van der Waals surface area contributed by atoms with Gasteiger partial charge < -0.3 is 19.7 Å². The molecule has 150 valence electrons. The second-order valence-electron chi connectivity index (χ2n) is 6.90. The predicted octanol–water partition coefficient (Wildman–Crippen LogP) is 4.03. The molecule has 1 saturated heterocycles. The van der Waals surface area contributed by atoms with Gasteiger partial charge in [-0.25, -0.2) is 0 Å². The quantitative estimate of drug-likeness (QED) is 0.666. The molecule has 0 atom stereocenters. The molecule has 1 amide bonds. The van der Waals surface area contributed by atoms with Crippen LogP contribution in [-0.2, 0) is 16.1 Å². The van der Waals surface area contributed by atoms with Gasteiger partial charge in [0.1, 0.15) is 5.75 Å². The van der Waals surface area contributed by atoms with Crippen molar-refractivity contribution in [3.8, 4) is 5.75 Å². The molecule has 29 heavy (non-hydrogen) atoms. The number of benzene rings is 3. The van der Waals surface area contributed by atoms with Gasteiger partial charge in [-0.3, -0.25) is 4.79 Å². The van der Waals surface area contributed by atoms with Crippen molar-refractivity contribution >= 4 is 34.0 Å². The van der Waals surface area contributed by atoms with E-state index in [1.807, 2.05) is 54.6 Å². The monoisotopic (exact) mass is 410 g/mol. The van der Waals surface area contributed by atoms with E-state index in [1.165, 1.54) is 0 Å². The highest BCUT2D eigenvalue weighted by Gasteiger charge is 2.18. The van der Waals surface area contributed by atoms with E-state index in [2.05, 4.69) is 16.3 Å². The first-order valence-electron chi connectivity index (χ1n) is 9.70. The van der Waals surface area contributed by atoms with Crippen molar-refractivity contribution in [1.82, 2.24) is 5.32 Å². The lowest BCUT2D eigenvalue weighted by atomic mass is 10.1. The average molecular weight is 411 g/mol. The minimum atomic E-state index is -0.189. The molecule has 0 radical (unpaired) electrons. The zero-order valence-corrected chi connectivity index (χ0v) is 16.8. The lowest BCUT2D eigenvalue weighted by Gasteiger charge is -2.30. The number of carbonyl (C=O) groups is 1. The number of halogens is 1. The van der Waals surface area contributed by atoms with Crippen LogP contribution in [0.3, 0.4) is 0 Å². The number of fused-ring (bicyclic) bond motifs is 1. The summed E-state index contributed by atoms with van der Waals surface area (Å²) in [4.78, 5) is 14.5. The smallest absolute Gasteiger partial charge is 0.258 e. The standard InChI is InChI=1S/C23H23ClN2O3/c24-23-19-9-5-4-8-18(19)20(26-10-12-28-13-11-26)14-21(23)29-16-22(27)25-15-17-6-2-1-3-7-17/h1-9,14H,10-13,15-16H2,(H,25,27). The van der Waals surface area contributed by atoms with Crippen molar-refractivity contribution in [2.45, 2.75) is 6.54 Å². The number of ether oxygens (including phenoxy) is 2. The van der Waals surface area contributed by atoms with E-state index in [-0.39, 0.29) is 12.5 Å². The molecule has 0 spiro atoms. The zero-order chi connectivity index (χ0) is 20.1. The normalized spacial score (nSPS) is 14.0. The fraction of sp³-hybridized carbons (Fsp3) is 0.261. The molecule has 5 nitrogen and oxygen atoms in total. The summed E-state index contributed by atoms with van der Waals surface area (Å²) in [6.45, 7) is 3.37. The van der Waals surface area contributed by atoms with E-state index >= 15 is 0 Å². The number of hydrogen-bond acceptors (Lipinski definition) is 4. The molecule has 4 rings (SSSR count). The Bertz CT molecular complexity index is 988. The van der Waals surface area contributed by atoms with Gasteiger partial charge in [-0.2, -0.15) is 0 Å². The maximum absolute atomic E-state index is 12.2. The van der Waals surface area contributed by atoms with E-state index in [0.717, 1.165) is 35.1 Å². The van der Waals surface area contributed by atoms with E-state index in [0.29, 0.717) is 30.5 Å². The Morgan fingerprint density at radius 1 is 1.03 bits per heavy atom. The van der Waals surface area contributed by atoms with Crippen LogP contribution >= 0.6 is 11.6 Å². The molecule has 1 N–H and O–H groups in total. The average Bonchev–Trinajstić information content (AvgIpc) is 2.78. The minimum absolute atomic E-state index is 0.0898. The fourth-order valence-corrected chi connectivity index (χ4v) is 3.73. The van der Waals surface area contributed by atoms with Crippen molar-refractivity contribution in [3.05, 3.63) is 71.2 Å². The number of hydrogen-bond donors (Lipinski definition) is 1. The van der Waals surface area contributed by atoms with Crippen molar-refractivity contribution in [1.29, 1.82) is 0 Å². The largest absolute Gasteiger partial charge is 0.482 e. The Morgan fingerprint density at radius 2 is 1.72 bits per heavy atom. The Balaban J connectivity index is 1.50. The maximum Gasteiger partial charge on any atom is 0.258 e. The van der Waals surface area contributed by atoms with Gasteiger partial charge >= 0.3 is 0 Å². The number of anilines is 1. The second-order valence-corrected chi connectivity index (χ2v) is 7.28. The molecular formula is C23H23ClN2O3. The van der Waals surface area contributed by atoms with Crippen molar-refractivity contribution in [2.75, 3.05) is 37.8 Å². The topological polar surface area (TPSA) is 50.8 Å². The molecule has 1 aliphatic heterocycles. The first-order chi connectivity index (χ1) is 14.2. The summed E-state index contributed by atoms with van der Waals surface area (Å²) in [5.41, 5.74) is 2.09. The van der Waals surface area contributed by atoms with Gasteiger partial charge in [-0.15, -0.1) is 0 Å². The molecule has 1 aliphatic rings. The lowest BCUT2D eigenvalue weighted by Crippen LogP contribution is -2.36. The molecule has 1 fully saturated rings. The minimum Gasteiger partial charge on any atom is -0.482 e. The van der Waals surface area contributed by atoms with Gasteiger partial charge in [0, 0.05) is 42.2 Å². The Kier molecular flexibility index (Phi) is 6.17. The summed E-state index contributed by atoms with van der Waals surface area (Å²) in [6.07, 6.45) is 0. The van der Waals surface area contributed by atoms with E-state index in [9.17, 15) is 4.79 Å². The Morgan fingerprint density at radius 3 is 2.48 bits per heavy atom. The molecular weight excluding hydrogens is 388 g/mol. The van der Waals surface area contributed by atoms with Crippen LogP contribution in [0.25, 0.3) is 10.8 Å². The van der Waals surface area contributed by atoms with Gasteiger partial charge in [0.05, 0.1) is 18.2 Å². The van der Waals surface area contributed by atoms with Crippen LogP contribution in [-0.4, -0.2) is 38.8 Å². The molecule has 0 unspecified atom stereocenters. The number of amides is 1. The van der Waals surface area contributed by atoms with Crippen LogP contribution in [0.4, 0.5) is 5.69 Å². The van der Waals surface area contributed by atoms with Crippen LogP contribution in [0.15, 0.2) is 60.7 Å². The summed E-state index contributed by atoms with van der Waals surface area (Å²) in [5, 5.41) is 5.38. The Hall–Kier alpha value is -2.76. The van der Waals surface area contributed by atoms with E-state index in [1.54, 1.807) is 0 Å². The number of nitrogens with one attached hydrogen (secondary N) is 1. The Labute approximate surface area is 175 Å². The molecule has 6 heteroatoms. The molecule has 0 saturated carbocycles. The fourth-order valence-electron chi connectivity index (χ4n) is 3.46. The van der Waals surface area contributed by atoms with Crippen LogP contribution in [0.5, 0.6) is 5.75 Å². The third-order valence-corrected chi connectivity index (χ3v) is 5.36. The van der Waals surface area contributed by atoms with Gasteiger partial charge in [-0.05, 0) is 5.56 Å². The highest BCUT2D eigenvalue weighted by atomic mass is 35.5. The number of nitrogens with zero attached hydrogens (tertiary/aromatic N) is 1. The molecule has 0 bridgehead atoms. The zero-order valence-electron chi connectivity index (χ0n) is 16.1. The van der Waals surface area contributed by atoms with Crippen molar-refractivity contribution in [2.24, 2.45) is 0 Å². The summed E-state index contributed by atoms with van der Waals surface area (Å²) in [7, 11) is 0. The summed E-state index contributed by atoms with van der Waals surface area (Å²) in [5.74, 6) is 0.327. The molecule has 0 aromatic heterocycles. The van der Waals surface area contributed by atoms with E-state index < -0.39 is 0 Å². The van der Waals surface area contributed by atoms with Crippen LogP contribution in [0, 0.1) is 0 Å². The summed E-state index contributed by atoms with van der Waals surface area (Å²) < 4.78 is 11.3. The second kappa shape index (κ2) is 9.16. The maximum atomic E-state index is 12.2. The lowest BCUT2D eigenvalue weighted by molar-refractivity contribution is -0.123. The highest BCUT2D eigenvalue weighted by molar-refractivity contribution is 6.37. The van der Waals surface area contributed by atoms with Crippen LogP contribution in [0.1, 0.15) is 5.56 Å². The van der Waals surface area contributed by atoms with Crippen molar-refractivity contribution in [3.63, 3.8) is 0 Å². The van der Waals surface area contributed by atoms with Crippen LogP contribution in [0.2, 0.25) is 5.02 Å². The molecule has 3 aromatic carbocycles. The van der Waals surface area contributed by atoms with Gasteiger partial charge in [0.15, 0.2) is 6.61 Å². The third kappa shape index (κ3) is 4.63. The highest BCUT2D eigenvalue weighted by Crippen LogP contribution is 2.39. The van der Waals surface area contributed by atoms with E-state index in [4.69, 9.17) is 21.1 Å². The van der Waals surface area contributed by atoms with Crippen LogP contribution < -0.4 is 15.0 Å². The number of carbonyl (C=O) groups excluding carboxylic acids is 1. The first-order valence-corrected chi connectivity index (χ1v) is 10.1. The van der Waals surface area contributed by atoms with Gasteiger partial charge in [-0.1, -0.05) is 66.2 Å². The summed E-state index contributed by atoms with van der Waals surface area (Å²) >= 11 is 6.61. The number of rotatable bonds is 6. The van der Waals surface area contributed by atoms with Crippen molar-refractivity contribution < 1.29 is 14.3 Å². The molecule has 0 aliphatic carbocycles. The molecule has 3 aromatic rings. The van der Waals surface area contributed by atoms with Gasteiger partial charge in [0.25, 0.3) is 5.91 Å². The molecule has 1 heterocycles.